The monoisotopic (exact) mass is 217 g/mol. The second kappa shape index (κ2) is 3.81. The molecule has 2 aromatic rings. The van der Waals surface area contributed by atoms with E-state index in [-0.39, 0.29) is 5.56 Å². The maximum Gasteiger partial charge on any atom is 0.337 e. The zero-order valence-electron chi connectivity index (χ0n) is 9.02. The number of nitrogens with zero attached hydrogens (tertiary/aromatic N) is 1. The summed E-state index contributed by atoms with van der Waals surface area (Å²) in [6, 6.07) is 5.32. The standard InChI is InChI=1S/C12H11NO3/c1-7-3-4-10(16-2)11-9(7)5-8(6-13-11)12(14)15/h3-6H,1-2H3,(H,14,15). The molecule has 2 rings (SSSR count). The molecule has 0 saturated heterocycles. The minimum Gasteiger partial charge on any atom is -0.494 e. The molecule has 1 N–H and O–H groups in total. The van der Waals surface area contributed by atoms with Crippen LogP contribution in [0.5, 0.6) is 5.75 Å². The molecule has 0 radical (unpaired) electrons. The fraction of sp³-hybridized carbons (Fsp3) is 0.167. The van der Waals surface area contributed by atoms with Crippen LogP contribution in [0.2, 0.25) is 0 Å². The van der Waals surface area contributed by atoms with Crippen molar-refractivity contribution in [1.82, 2.24) is 4.98 Å². The number of aryl methyl sites for hydroxylation is 1. The third-order valence-electron chi connectivity index (χ3n) is 2.50. The van der Waals surface area contributed by atoms with Crippen molar-refractivity contribution >= 4 is 16.9 Å². The third-order valence-corrected chi connectivity index (χ3v) is 2.50. The van der Waals surface area contributed by atoms with Gasteiger partial charge < -0.3 is 9.84 Å². The van der Waals surface area contributed by atoms with E-state index < -0.39 is 5.97 Å². The Labute approximate surface area is 92.5 Å². The maximum atomic E-state index is 10.8. The van der Waals surface area contributed by atoms with E-state index in [9.17, 15) is 4.79 Å². The van der Waals surface area contributed by atoms with Gasteiger partial charge in [0, 0.05) is 11.6 Å². The van der Waals surface area contributed by atoms with Gasteiger partial charge in [-0.2, -0.15) is 0 Å². The Hall–Kier alpha value is -2.10. The molecule has 0 fully saturated rings. The van der Waals surface area contributed by atoms with Gasteiger partial charge >= 0.3 is 5.97 Å². The van der Waals surface area contributed by atoms with Crippen LogP contribution < -0.4 is 4.74 Å². The van der Waals surface area contributed by atoms with Gasteiger partial charge in [0.1, 0.15) is 11.3 Å². The molecule has 0 atom stereocenters. The number of carboxylic acid groups (broad SMARTS) is 1. The number of fused-ring (bicyclic) bond motifs is 1. The maximum absolute atomic E-state index is 10.8. The highest BCUT2D eigenvalue weighted by Crippen LogP contribution is 2.26. The van der Waals surface area contributed by atoms with Crippen molar-refractivity contribution in [3.8, 4) is 5.75 Å². The predicted octanol–water partition coefficient (Wildman–Crippen LogP) is 2.25. The molecule has 0 bridgehead atoms. The highest BCUT2D eigenvalue weighted by atomic mass is 16.5. The van der Waals surface area contributed by atoms with Crippen LogP contribution in [-0.2, 0) is 0 Å². The van der Waals surface area contributed by atoms with Crippen molar-refractivity contribution in [3.05, 3.63) is 35.5 Å². The summed E-state index contributed by atoms with van der Waals surface area (Å²) < 4.78 is 5.17. The van der Waals surface area contributed by atoms with Crippen LogP contribution in [0.1, 0.15) is 15.9 Å². The summed E-state index contributed by atoms with van der Waals surface area (Å²) in [6.45, 7) is 1.91. The molecular weight excluding hydrogens is 206 g/mol. The molecule has 16 heavy (non-hydrogen) atoms. The van der Waals surface area contributed by atoms with E-state index in [1.54, 1.807) is 13.2 Å². The summed E-state index contributed by atoms with van der Waals surface area (Å²) in [6.07, 6.45) is 1.34. The lowest BCUT2D eigenvalue weighted by Crippen LogP contribution is -1.98. The number of aromatic nitrogens is 1. The fourth-order valence-electron chi connectivity index (χ4n) is 1.61. The van der Waals surface area contributed by atoms with Crippen LogP contribution in [0.15, 0.2) is 24.4 Å². The second-order valence-electron chi connectivity index (χ2n) is 3.51. The number of pyridine rings is 1. The van der Waals surface area contributed by atoms with E-state index in [1.165, 1.54) is 6.20 Å². The normalized spacial score (nSPS) is 10.4. The molecule has 1 heterocycles. The van der Waals surface area contributed by atoms with Crippen molar-refractivity contribution in [3.63, 3.8) is 0 Å². The van der Waals surface area contributed by atoms with E-state index in [4.69, 9.17) is 9.84 Å². The first-order chi connectivity index (χ1) is 7.63. The summed E-state index contributed by atoms with van der Waals surface area (Å²) in [7, 11) is 1.57. The van der Waals surface area contributed by atoms with Crippen molar-refractivity contribution in [2.45, 2.75) is 6.92 Å². The molecule has 82 valence electrons. The van der Waals surface area contributed by atoms with Crippen LogP contribution in [0.3, 0.4) is 0 Å². The number of ether oxygens (including phenoxy) is 1. The van der Waals surface area contributed by atoms with Crippen LogP contribution in [-0.4, -0.2) is 23.2 Å². The van der Waals surface area contributed by atoms with Gasteiger partial charge in [0.25, 0.3) is 0 Å². The minimum absolute atomic E-state index is 0.184. The Morgan fingerprint density at radius 2 is 2.19 bits per heavy atom. The van der Waals surface area contributed by atoms with Gasteiger partial charge in [0.05, 0.1) is 12.7 Å². The van der Waals surface area contributed by atoms with E-state index in [1.807, 2.05) is 19.1 Å². The van der Waals surface area contributed by atoms with Crippen LogP contribution in [0.25, 0.3) is 10.9 Å². The molecule has 0 aliphatic rings. The number of hydrogen-bond donors (Lipinski definition) is 1. The zero-order valence-corrected chi connectivity index (χ0v) is 9.02. The first kappa shape index (κ1) is 10.4. The van der Waals surface area contributed by atoms with E-state index in [0.717, 1.165) is 10.9 Å². The molecular formula is C12H11NO3. The summed E-state index contributed by atoms with van der Waals surface area (Å²) >= 11 is 0. The molecule has 0 aliphatic heterocycles. The number of carboxylic acids is 1. The molecule has 0 unspecified atom stereocenters. The van der Waals surface area contributed by atoms with Gasteiger partial charge in [-0.3, -0.25) is 4.98 Å². The van der Waals surface area contributed by atoms with Crippen molar-refractivity contribution < 1.29 is 14.6 Å². The molecule has 1 aromatic carbocycles. The smallest absolute Gasteiger partial charge is 0.337 e. The van der Waals surface area contributed by atoms with Crippen molar-refractivity contribution in [2.24, 2.45) is 0 Å². The molecule has 4 heteroatoms. The average Bonchev–Trinajstić information content (AvgIpc) is 2.29. The lowest BCUT2D eigenvalue weighted by atomic mass is 10.1. The largest absolute Gasteiger partial charge is 0.494 e. The van der Waals surface area contributed by atoms with Gasteiger partial charge in [-0.1, -0.05) is 6.07 Å². The van der Waals surface area contributed by atoms with E-state index in [2.05, 4.69) is 4.98 Å². The highest BCUT2D eigenvalue weighted by molar-refractivity contribution is 5.95. The fourth-order valence-corrected chi connectivity index (χ4v) is 1.61. The Balaban J connectivity index is 2.77. The van der Waals surface area contributed by atoms with Crippen molar-refractivity contribution in [1.29, 1.82) is 0 Å². The Morgan fingerprint density at radius 1 is 1.44 bits per heavy atom. The first-order valence-electron chi connectivity index (χ1n) is 4.80. The molecule has 0 saturated carbocycles. The SMILES string of the molecule is COc1ccc(C)c2cc(C(=O)O)cnc12. The van der Waals surface area contributed by atoms with Gasteiger partial charge in [-0.05, 0) is 24.6 Å². The summed E-state index contributed by atoms with van der Waals surface area (Å²) in [5, 5.41) is 9.70. The molecule has 0 spiro atoms. The number of rotatable bonds is 2. The lowest BCUT2D eigenvalue weighted by Gasteiger charge is -2.07. The Bertz CT molecular complexity index is 563. The minimum atomic E-state index is -0.975. The van der Waals surface area contributed by atoms with Gasteiger partial charge in [-0.15, -0.1) is 0 Å². The third kappa shape index (κ3) is 1.58. The Morgan fingerprint density at radius 3 is 2.81 bits per heavy atom. The number of methoxy groups -OCH3 is 1. The Kier molecular flexibility index (Phi) is 2.48. The van der Waals surface area contributed by atoms with E-state index in [0.29, 0.717) is 11.3 Å². The lowest BCUT2D eigenvalue weighted by molar-refractivity contribution is 0.0696. The number of carbonyl (C=O) groups is 1. The van der Waals surface area contributed by atoms with Crippen molar-refractivity contribution in [2.75, 3.05) is 7.11 Å². The van der Waals surface area contributed by atoms with Gasteiger partial charge in [-0.25, -0.2) is 4.79 Å². The number of benzene rings is 1. The number of aromatic carboxylic acids is 1. The van der Waals surface area contributed by atoms with Crippen LogP contribution >= 0.6 is 0 Å². The van der Waals surface area contributed by atoms with Crippen LogP contribution in [0.4, 0.5) is 0 Å². The molecule has 4 nitrogen and oxygen atoms in total. The first-order valence-corrected chi connectivity index (χ1v) is 4.80. The average molecular weight is 217 g/mol. The molecule has 0 amide bonds. The number of hydrogen-bond acceptors (Lipinski definition) is 3. The zero-order chi connectivity index (χ0) is 11.7. The summed E-state index contributed by atoms with van der Waals surface area (Å²) in [5.74, 6) is -0.325. The quantitative estimate of drug-likeness (QED) is 0.838. The highest BCUT2D eigenvalue weighted by Gasteiger charge is 2.09. The van der Waals surface area contributed by atoms with E-state index >= 15 is 0 Å². The second-order valence-corrected chi connectivity index (χ2v) is 3.51. The molecule has 1 aromatic heterocycles. The topological polar surface area (TPSA) is 59.4 Å². The van der Waals surface area contributed by atoms with Gasteiger partial charge in [0.15, 0.2) is 0 Å². The predicted molar refractivity (Wildman–Crippen MR) is 60.0 cm³/mol. The van der Waals surface area contributed by atoms with Gasteiger partial charge in [0.2, 0.25) is 0 Å². The van der Waals surface area contributed by atoms with Crippen LogP contribution in [0, 0.1) is 6.92 Å². The molecule has 0 aliphatic carbocycles. The summed E-state index contributed by atoms with van der Waals surface area (Å²) in [4.78, 5) is 15.0. The summed E-state index contributed by atoms with van der Waals surface area (Å²) in [5.41, 5.74) is 1.85.